The summed E-state index contributed by atoms with van der Waals surface area (Å²) in [4.78, 5) is 17.3. The molecule has 0 saturated carbocycles. The quantitative estimate of drug-likeness (QED) is 0.271. The smallest absolute Gasteiger partial charge is 0.404 e. The predicted molar refractivity (Wildman–Crippen MR) is 159 cm³/mol. The van der Waals surface area contributed by atoms with Crippen LogP contribution in [-0.4, -0.2) is 21.9 Å². The number of hydrogen-bond acceptors (Lipinski definition) is 5. The maximum atomic E-state index is 5.10. The molecule has 39 heavy (non-hydrogen) atoms. The largest absolute Gasteiger partial charge is 0.417 e. The molecule has 2 aliphatic rings. The fourth-order valence-corrected chi connectivity index (χ4v) is 5.77. The summed E-state index contributed by atoms with van der Waals surface area (Å²) in [6.07, 6.45) is 0. The minimum Gasteiger partial charge on any atom is -0.404 e. The van der Waals surface area contributed by atoms with Gasteiger partial charge in [0, 0.05) is 33.6 Å². The van der Waals surface area contributed by atoms with Crippen molar-refractivity contribution in [1.82, 2.24) is 15.0 Å². The Kier molecular flexibility index (Phi) is 4.85. The second-order valence-electron chi connectivity index (χ2n) is 9.76. The topological polar surface area (TPSA) is 53.9 Å². The van der Waals surface area contributed by atoms with Gasteiger partial charge in [0.25, 0.3) is 0 Å². The molecule has 0 spiro atoms. The van der Waals surface area contributed by atoms with Crippen LogP contribution in [-0.2, 0) is 0 Å². The Balaban J connectivity index is 1.40. The Morgan fingerprint density at radius 1 is 0.487 bits per heavy atom. The normalized spacial score (nSPS) is 12.7. The van der Waals surface area contributed by atoms with Crippen molar-refractivity contribution in [2.75, 3.05) is 10.0 Å². The van der Waals surface area contributed by atoms with E-state index in [9.17, 15) is 0 Å². The van der Waals surface area contributed by atoms with E-state index in [1.807, 2.05) is 60.7 Å². The summed E-state index contributed by atoms with van der Waals surface area (Å²) in [5.74, 6) is 1.90. The van der Waals surface area contributed by atoms with Gasteiger partial charge in [0.15, 0.2) is 11.6 Å². The van der Waals surface area contributed by atoms with Gasteiger partial charge >= 0.3 is 6.98 Å². The first-order chi connectivity index (χ1) is 19.3. The van der Waals surface area contributed by atoms with Crippen molar-refractivity contribution >= 4 is 29.8 Å². The number of aromatic nitrogens is 3. The summed E-state index contributed by atoms with van der Waals surface area (Å²) in [5.41, 5.74) is 10.1. The van der Waals surface area contributed by atoms with Crippen LogP contribution in [0.5, 0.6) is 0 Å². The van der Waals surface area contributed by atoms with Crippen molar-refractivity contribution in [1.29, 1.82) is 0 Å². The second-order valence-corrected chi connectivity index (χ2v) is 9.76. The van der Waals surface area contributed by atoms with Crippen LogP contribution in [0.4, 0.5) is 17.3 Å². The molecule has 0 amide bonds. The maximum absolute atomic E-state index is 5.10. The lowest BCUT2D eigenvalue weighted by atomic mass is 9.56. The lowest BCUT2D eigenvalue weighted by Gasteiger charge is -2.40. The Morgan fingerprint density at radius 2 is 1.03 bits per heavy atom. The lowest BCUT2D eigenvalue weighted by molar-refractivity contribution is 1.04. The van der Waals surface area contributed by atoms with Gasteiger partial charge in [0.2, 0.25) is 5.95 Å². The number of fused-ring (bicyclic) bond motifs is 4. The molecule has 0 atom stereocenters. The van der Waals surface area contributed by atoms with Gasteiger partial charge in [-0.2, -0.15) is 9.97 Å². The zero-order valence-electron chi connectivity index (χ0n) is 21.0. The Morgan fingerprint density at radius 3 is 1.72 bits per heavy atom. The monoisotopic (exact) mass is 499 g/mol. The molecular weight excluding hydrogens is 477 g/mol. The first-order valence-corrected chi connectivity index (χ1v) is 13.1. The molecule has 182 valence electrons. The van der Waals surface area contributed by atoms with Crippen molar-refractivity contribution in [3.63, 3.8) is 0 Å². The second kappa shape index (κ2) is 8.67. The van der Waals surface area contributed by atoms with Crippen molar-refractivity contribution in [3.05, 3.63) is 127 Å². The third-order valence-electron chi connectivity index (χ3n) is 7.50. The van der Waals surface area contributed by atoms with Gasteiger partial charge < -0.3 is 10.0 Å². The van der Waals surface area contributed by atoms with Crippen LogP contribution in [0.2, 0.25) is 0 Å². The highest BCUT2D eigenvalue weighted by atomic mass is 15.3. The van der Waals surface area contributed by atoms with Crippen LogP contribution in [0.25, 0.3) is 45.0 Å². The molecule has 0 radical (unpaired) electrons. The average Bonchev–Trinajstić information content (AvgIpc) is 3.02. The van der Waals surface area contributed by atoms with Gasteiger partial charge in [-0.15, -0.1) is 0 Å². The van der Waals surface area contributed by atoms with Crippen LogP contribution >= 0.6 is 0 Å². The molecule has 0 saturated heterocycles. The number of hydrogen-bond donors (Lipinski definition) is 1. The molecule has 3 heterocycles. The summed E-state index contributed by atoms with van der Waals surface area (Å²) in [7, 11) is 0. The van der Waals surface area contributed by atoms with Gasteiger partial charge in [0.05, 0.1) is 0 Å². The summed E-state index contributed by atoms with van der Waals surface area (Å²) >= 11 is 0. The van der Waals surface area contributed by atoms with Gasteiger partial charge in [0.1, 0.15) is 0 Å². The van der Waals surface area contributed by atoms with E-state index in [4.69, 9.17) is 15.0 Å². The molecule has 5 nitrogen and oxygen atoms in total. The van der Waals surface area contributed by atoms with E-state index in [0.29, 0.717) is 17.6 Å². The Bertz CT molecular complexity index is 1780. The first-order valence-electron chi connectivity index (χ1n) is 13.1. The van der Waals surface area contributed by atoms with Crippen molar-refractivity contribution in [2.24, 2.45) is 0 Å². The van der Waals surface area contributed by atoms with E-state index in [0.717, 1.165) is 28.1 Å². The summed E-state index contributed by atoms with van der Waals surface area (Å²) in [6.45, 7) is -0.185. The van der Waals surface area contributed by atoms with Crippen LogP contribution in [0.1, 0.15) is 0 Å². The van der Waals surface area contributed by atoms with Crippen LogP contribution < -0.4 is 15.5 Å². The highest BCUT2D eigenvalue weighted by molar-refractivity contribution is 6.84. The van der Waals surface area contributed by atoms with Crippen LogP contribution in [0, 0.1) is 0 Å². The van der Waals surface area contributed by atoms with E-state index >= 15 is 0 Å². The van der Waals surface area contributed by atoms with Gasteiger partial charge in [-0.05, 0) is 28.7 Å². The molecular formula is C33H22BN5. The third kappa shape index (κ3) is 3.46. The Hall–Kier alpha value is -5.23. The number of para-hydroxylation sites is 2. The molecule has 1 aromatic heterocycles. The number of nitrogens with zero attached hydrogens (tertiary/aromatic N) is 4. The maximum Gasteiger partial charge on any atom is 0.417 e. The number of anilines is 3. The van der Waals surface area contributed by atoms with Gasteiger partial charge in [-0.1, -0.05) is 115 Å². The van der Waals surface area contributed by atoms with E-state index < -0.39 is 0 Å². The van der Waals surface area contributed by atoms with Crippen LogP contribution in [0.3, 0.4) is 0 Å². The molecule has 0 aliphatic carbocycles. The molecule has 0 fully saturated rings. The molecule has 1 N–H and O–H groups in total. The number of benzene rings is 5. The van der Waals surface area contributed by atoms with E-state index in [-0.39, 0.29) is 6.98 Å². The zero-order valence-corrected chi connectivity index (χ0v) is 21.0. The fourth-order valence-electron chi connectivity index (χ4n) is 5.77. The van der Waals surface area contributed by atoms with Gasteiger partial charge in [-0.3, -0.25) is 0 Å². The molecule has 0 bridgehead atoms. The minimum absolute atomic E-state index is 0.185. The summed E-state index contributed by atoms with van der Waals surface area (Å²) in [5, 5.41) is 3.83. The van der Waals surface area contributed by atoms with E-state index in [1.54, 1.807) is 0 Å². The molecule has 6 aromatic rings. The number of rotatable bonds is 3. The average molecular weight is 499 g/mol. The SMILES string of the molecule is c1ccc(-c2nc(-c3ccccc3)nc(N3B4Nc5ccccc5-c5cccc(c54)-c4ccccc43)n2)cc1. The Labute approximate surface area is 227 Å². The molecule has 0 unspecified atom stereocenters. The summed E-state index contributed by atoms with van der Waals surface area (Å²) in [6, 6.07) is 43.8. The van der Waals surface area contributed by atoms with E-state index in [1.165, 1.54) is 22.2 Å². The molecule has 8 rings (SSSR count). The molecule has 5 aromatic carbocycles. The highest BCUT2D eigenvalue weighted by Crippen LogP contribution is 2.43. The standard InChI is InChI=1S/C33H22BN5/c1-3-12-22(13-4-1)31-35-32(23-14-5-2-6-15-23)37-33(36-31)39-29-21-10-8-17-25(29)27-19-11-18-26-24-16-7-9-20-28(24)38-34(39)30(26)27/h1-21,38H. The molecule has 6 heteroatoms. The zero-order chi connectivity index (χ0) is 25.8. The van der Waals surface area contributed by atoms with Gasteiger partial charge in [-0.25, -0.2) is 4.98 Å². The van der Waals surface area contributed by atoms with Crippen molar-refractivity contribution in [3.8, 4) is 45.0 Å². The number of nitrogens with one attached hydrogen (secondary N) is 1. The van der Waals surface area contributed by atoms with Crippen molar-refractivity contribution < 1.29 is 0 Å². The first kappa shape index (κ1) is 21.8. The van der Waals surface area contributed by atoms with Crippen molar-refractivity contribution in [2.45, 2.75) is 0 Å². The third-order valence-corrected chi connectivity index (χ3v) is 7.50. The molecule has 2 aliphatic heterocycles. The summed E-state index contributed by atoms with van der Waals surface area (Å²) < 4.78 is 0. The minimum atomic E-state index is -0.185. The van der Waals surface area contributed by atoms with Crippen LogP contribution in [0.15, 0.2) is 127 Å². The predicted octanol–water partition coefficient (Wildman–Crippen LogP) is 6.81. The fraction of sp³-hybridized carbons (Fsp3) is 0. The lowest BCUT2D eigenvalue weighted by Crippen LogP contribution is -2.57. The highest BCUT2D eigenvalue weighted by Gasteiger charge is 2.42. The van der Waals surface area contributed by atoms with E-state index in [2.05, 4.69) is 76.8 Å².